The van der Waals surface area contributed by atoms with Gasteiger partial charge in [0.15, 0.2) is 0 Å². The Morgan fingerprint density at radius 2 is 2.00 bits per heavy atom. The van der Waals surface area contributed by atoms with Crippen molar-refractivity contribution in [1.29, 1.82) is 0 Å². The van der Waals surface area contributed by atoms with Crippen LogP contribution in [-0.2, 0) is 9.59 Å². The summed E-state index contributed by atoms with van der Waals surface area (Å²) in [6, 6.07) is -0.323. The molecule has 4 amide bonds. The van der Waals surface area contributed by atoms with E-state index in [2.05, 4.69) is 18.0 Å². The lowest BCUT2D eigenvalue weighted by Gasteiger charge is -2.40. The maximum atomic E-state index is 13.1. The van der Waals surface area contributed by atoms with Gasteiger partial charge in [-0.15, -0.1) is 0 Å². The van der Waals surface area contributed by atoms with E-state index in [-0.39, 0.29) is 30.3 Å². The maximum absolute atomic E-state index is 13.1. The first kappa shape index (κ1) is 19.6. The quantitative estimate of drug-likeness (QED) is 0.595. The SMILES string of the molecule is C=C(C)CN1C(=O)NC(CC)(C2CCN(C(=O)C3=CCCCC3)CC2)C1=O. The van der Waals surface area contributed by atoms with Crippen LogP contribution in [0.1, 0.15) is 58.8 Å². The van der Waals surface area contributed by atoms with Crippen molar-refractivity contribution in [3.8, 4) is 0 Å². The Bertz CT molecular complexity index is 676. The summed E-state index contributed by atoms with van der Waals surface area (Å²) in [5, 5.41) is 2.98. The molecule has 3 aliphatic rings. The number of allylic oxidation sites excluding steroid dienone is 1. The number of rotatable bonds is 5. The van der Waals surface area contributed by atoms with E-state index in [1.165, 1.54) is 11.3 Å². The van der Waals surface area contributed by atoms with Gasteiger partial charge in [0.05, 0.1) is 6.54 Å². The monoisotopic (exact) mass is 373 g/mol. The van der Waals surface area contributed by atoms with Crippen molar-refractivity contribution in [3.05, 3.63) is 23.8 Å². The van der Waals surface area contributed by atoms with Gasteiger partial charge in [-0.1, -0.05) is 25.2 Å². The molecule has 3 rings (SSSR count). The van der Waals surface area contributed by atoms with Gasteiger partial charge in [-0.2, -0.15) is 0 Å². The van der Waals surface area contributed by atoms with Gasteiger partial charge in [0.1, 0.15) is 5.54 Å². The number of nitrogens with one attached hydrogen (secondary N) is 1. The van der Waals surface area contributed by atoms with E-state index >= 15 is 0 Å². The van der Waals surface area contributed by atoms with Crippen LogP contribution in [0.4, 0.5) is 4.79 Å². The highest BCUT2D eigenvalue weighted by molar-refractivity contribution is 6.07. The van der Waals surface area contributed by atoms with Gasteiger partial charge >= 0.3 is 6.03 Å². The van der Waals surface area contributed by atoms with Crippen LogP contribution in [0.3, 0.4) is 0 Å². The van der Waals surface area contributed by atoms with Crippen molar-refractivity contribution in [2.45, 2.75) is 64.3 Å². The topological polar surface area (TPSA) is 69.7 Å². The average Bonchev–Trinajstić information content (AvgIpc) is 2.93. The third-order valence-corrected chi connectivity index (χ3v) is 6.23. The van der Waals surface area contributed by atoms with Crippen LogP contribution in [0.15, 0.2) is 23.8 Å². The summed E-state index contributed by atoms with van der Waals surface area (Å²) in [4.78, 5) is 41.4. The smallest absolute Gasteiger partial charge is 0.325 e. The number of amides is 4. The van der Waals surface area contributed by atoms with E-state index in [4.69, 9.17) is 0 Å². The normalized spacial score (nSPS) is 26.8. The molecule has 1 aliphatic carbocycles. The zero-order valence-corrected chi connectivity index (χ0v) is 16.6. The predicted molar refractivity (Wildman–Crippen MR) is 104 cm³/mol. The van der Waals surface area contributed by atoms with Gasteiger partial charge in [-0.3, -0.25) is 14.5 Å². The van der Waals surface area contributed by atoms with Gasteiger partial charge < -0.3 is 10.2 Å². The summed E-state index contributed by atoms with van der Waals surface area (Å²) in [7, 11) is 0. The zero-order chi connectivity index (χ0) is 19.6. The van der Waals surface area contributed by atoms with E-state index in [1.54, 1.807) is 0 Å². The van der Waals surface area contributed by atoms with Crippen molar-refractivity contribution in [1.82, 2.24) is 15.1 Å². The molecule has 0 spiro atoms. The standard InChI is InChI=1S/C21H31N3O3/c1-4-21(19(26)24(14-15(2)3)20(27)22-21)17-10-12-23(13-11-17)18(25)16-8-6-5-7-9-16/h8,17H,2,4-7,9-14H2,1,3H3,(H,22,27). The number of nitrogens with zero attached hydrogens (tertiary/aromatic N) is 2. The Hall–Kier alpha value is -2.11. The van der Waals surface area contributed by atoms with Crippen LogP contribution >= 0.6 is 0 Å². The number of imide groups is 1. The number of carbonyl (C=O) groups is 3. The molecule has 2 saturated heterocycles. The Morgan fingerprint density at radius 3 is 2.56 bits per heavy atom. The Kier molecular flexibility index (Phi) is 5.72. The molecule has 6 heteroatoms. The van der Waals surface area contributed by atoms with Gasteiger partial charge in [0, 0.05) is 18.7 Å². The van der Waals surface area contributed by atoms with Crippen molar-refractivity contribution in [2.75, 3.05) is 19.6 Å². The highest BCUT2D eigenvalue weighted by Crippen LogP contribution is 2.36. The molecule has 0 aromatic carbocycles. The summed E-state index contributed by atoms with van der Waals surface area (Å²) in [5.74, 6) is 0.0700. The van der Waals surface area contributed by atoms with Crippen molar-refractivity contribution in [2.24, 2.45) is 5.92 Å². The Labute approximate surface area is 161 Å². The molecule has 0 bridgehead atoms. The summed E-state index contributed by atoms with van der Waals surface area (Å²) in [6.45, 7) is 9.14. The molecule has 0 aromatic heterocycles. The second-order valence-corrected chi connectivity index (χ2v) is 8.15. The minimum atomic E-state index is -0.841. The van der Waals surface area contributed by atoms with E-state index < -0.39 is 5.54 Å². The molecule has 1 unspecified atom stereocenters. The lowest BCUT2D eigenvalue weighted by atomic mass is 9.75. The molecule has 27 heavy (non-hydrogen) atoms. The highest BCUT2D eigenvalue weighted by atomic mass is 16.2. The number of urea groups is 1. The average molecular weight is 373 g/mol. The van der Waals surface area contributed by atoms with Crippen LogP contribution in [0.5, 0.6) is 0 Å². The van der Waals surface area contributed by atoms with Crippen LogP contribution in [0, 0.1) is 5.92 Å². The maximum Gasteiger partial charge on any atom is 0.325 e. The van der Waals surface area contributed by atoms with E-state index in [1.807, 2.05) is 18.7 Å². The Balaban J connectivity index is 1.68. The molecule has 1 N–H and O–H groups in total. The van der Waals surface area contributed by atoms with E-state index in [0.29, 0.717) is 19.5 Å². The Morgan fingerprint density at radius 1 is 1.30 bits per heavy atom. The van der Waals surface area contributed by atoms with E-state index in [0.717, 1.165) is 43.3 Å². The fourth-order valence-corrected chi connectivity index (χ4v) is 4.67. The molecule has 0 aromatic rings. The van der Waals surface area contributed by atoms with Crippen molar-refractivity contribution < 1.29 is 14.4 Å². The van der Waals surface area contributed by atoms with Crippen LogP contribution in [0.2, 0.25) is 0 Å². The van der Waals surface area contributed by atoms with Crippen LogP contribution < -0.4 is 5.32 Å². The molecule has 1 atom stereocenters. The van der Waals surface area contributed by atoms with Crippen molar-refractivity contribution >= 4 is 17.8 Å². The molecule has 0 radical (unpaired) electrons. The van der Waals surface area contributed by atoms with E-state index in [9.17, 15) is 14.4 Å². The second-order valence-electron chi connectivity index (χ2n) is 8.15. The molecule has 2 fully saturated rings. The summed E-state index contributed by atoms with van der Waals surface area (Å²) >= 11 is 0. The second kappa shape index (κ2) is 7.87. The number of likely N-dealkylation sites (tertiary alicyclic amines) is 1. The molecule has 148 valence electrons. The summed E-state index contributed by atoms with van der Waals surface area (Å²) < 4.78 is 0. The zero-order valence-electron chi connectivity index (χ0n) is 16.6. The van der Waals surface area contributed by atoms with Gasteiger partial charge in [0.25, 0.3) is 5.91 Å². The molecular weight excluding hydrogens is 342 g/mol. The summed E-state index contributed by atoms with van der Waals surface area (Å²) in [5.41, 5.74) is 0.889. The summed E-state index contributed by atoms with van der Waals surface area (Å²) in [6.07, 6.45) is 8.25. The van der Waals surface area contributed by atoms with Gasteiger partial charge in [-0.05, 0) is 57.8 Å². The fraction of sp³-hybridized carbons (Fsp3) is 0.667. The first-order valence-corrected chi connectivity index (χ1v) is 10.2. The minimum absolute atomic E-state index is 0.0541. The molecule has 0 saturated carbocycles. The van der Waals surface area contributed by atoms with Crippen LogP contribution in [-0.4, -0.2) is 52.8 Å². The molecule has 2 heterocycles. The first-order chi connectivity index (χ1) is 12.9. The van der Waals surface area contributed by atoms with Crippen LogP contribution in [0.25, 0.3) is 0 Å². The predicted octanol–water partition coefficient (Wildman–Crippen LogP) is 3.00. The highest BCUT2D eigenvalue weighted by Gasteiger charge is 2.54. The lowest BCUT2D eigenvalue weighted by molar-refractivity contribution is -0.135. The fourth-order valence-electron chi connectivity index (χ4n) is 4.67. The third kappa shape index (κ3) is 3.66. The first-order valence-electron chi connectivity index (χ1n) is 10.2. The molecule has 6 nitrogen and oxygen atoms in total. The lowest BCUT2D eigenvalue weighted by Crippen LogP contribution is -2.56. The third-order valence-electron chi connectivity index (χ3n) is 6.23. The largest absolute Gasteiger partial charge is 0.339 e. The molecular formula is C21H31N3O3. The molecule has 2 aliphatic heterocycles. The number of hydrogen-bond donors (Lipinski definition) is 1. The van der Waals surface area contributed by atoms with Crippen molar-refractivity contribution in [3.63, 3.8) is 0 Å². The number of piperidine rings is 1. The number of hydrogen-bond acceptors (Lipinski definition) is 3. The van der Waals surface area contributed by atoms with Gasteiger partial charge in [-0.25, -0.2) is 4.79 Å². The number of carbonyl (C=O) groups excluding carboxylic acids is 3. The van der Waals surface area contributed by atoms with Gasteiger partial charge in [0.2, 0.25) is 5.91 Å². The minimum Gasteiger partial charge on any atom is -0.339 e.